The van der Waals surface area contributed by atoms with Crippen LogP contribution in [-0.2, 0) is 4.74 Å². The number of aromatic nitrogens is 3. The molecule has 1 fully saturated rings. The van der Waals surface area contributed by atoms with Gasteiger partial charge in [0.1, 0.15) is 5.82 Å². The van der Waals surface area contributed by atoms with Crippen LogP contribution >= 0.6 is 0 Å². The van der Waals surface area contributed by atoms with E-state index in [1.54, 1.807) is 19.4 Å². The number of ether oxygens (including phenoxy) is 1. The van der Waals surface area contributed by atoms with Crippen LogP contribution in [0.1, 0.15) is 31.4 Å². The molecule has 3 aromatic rings. The number of H-pyrrole nitrogens is 1. The molecule has 1 aliphatic carbocycles. The van der Waals surface area contributed by atoms with Gasteiger partial charge in [-0.05, 0) is 31.2 Å². The molecule has 4 rings (SSSR count). The third kappa shape index (κ3) is 4.48. The van der Waals surface area contributed by atoms with E-state index in [-0.39, 0.29) is 12.1 Å². The number of carbonyl (C=O) groups excluding carboxylic acids is 1. The van der Waals surface area contributed by atoms with E-state index in [4.69, 9.17) is 4.74 Å². The Morgan fingerprint density at radius 1 is 1.31 bits per heavy atom. The first kappa shape index (κ1) is 19.2. The second-order valence-corrected chi connectivity index (χ2v) is 7.49. The number of benzene rings is 1. The summed E-state index contributed by atoms with van der Waals surface area (Å²) in [5.74, 6) is 1.85. The third-order valence-corrected chi connectivity index (χ3v) is 5.42. The van der Waals surface area contributed by atoms with Crippen LogP contribution in [0.4, 0.5) is 16.4 Å². The summed E-state index contributed by atoms with van der Waals surface area (Å²) in [4.78, 5) is 16.6. The lowest BCUT2D eigenvalue weighted by molar-refractivity contribution is 0.00562. The fraction of sp³-hybridized carbons (Fsp3) is 0.381. The lowest BCUT2D eigenvalue weighted by Crippen LogP contribution is -2.34. The minimum absolute atomic E-state index is 0.105. The van der Waals surface area contributed by atoms with Crippen molar-refractivity contribution in [3.8, 4) is 0 Å². The third-order valence-electron chi connectivity index (χ3n) is 5.42. The number of hydrogen-bond donors (Lipinski definition) is 4. The minimum atomic E-state index is -0.302. The molecule has 1 aliphatic rings. The first-order chi connectivity index (χ1) is 14.1. The number of anilines is 2. The minimum Gasteiger partial charge on any atom is -0.381 e. The van der Waals surface area contributed by atoms with Gasteiger partial charge in [-0.2, -0.15) is 5.10 Å². The second kappa shape index (κ2) is 8.48. The number of amides is 2. The zero-order chi connectivity index (χ0) is 20.2. The molecule has 0 radical (unpaired) electrons. The summed E-state index contributed by atoms with van der Waals surface area (Å²) >= 11 is 0. The summed E-state index contributed by atoms with van der Waals surface area (Å²) in [6.07, 6.45) is 4.27. The van der Waals surface area contributed by atoms with E-state index >= 15 is 0 Å². The standard InChI is InChI=1S/C21H26N6O2/c1-13(15-6-4-3-5-7-15)24-21(28)25-19-10-18-17(12-22-19)20(27-26-18)23-11-14-8-16(9-14)29-2/h3-7,10,12-14,16H,8-9,11H2,1-2H3,(H2,23,26,27)(H2,22,24,25,28)/t13-,14?,16?/m1/s1. The van der Waals surface area contributed by atoms with Crippen molar-refractivity contribution in [1.82, 2.24) is 20.5 Å². The number of urea groups is 1. The molecule has 2 amide bonds. The van der Waals surface area contributed by atoms with E-state index in [1.807, 2.05) is 37.3 Å². The topological polar surface area (TPSA) is 104 Å². The van der Waals surface area contributed by atoms with Crippen LogP contribution < -0.4 is 16.0 Å². The summed E-state index contributed by atoms with van der Waals surface area (Å²) in [6.45, 7) is 2.80. The molecule has 29 heavy (non-hydrogen) atoms. The molecule has 2 heterocycles. The predicted octanol–water partition coefficient (Wildman–Crippen LogP) is 3.68. The Morgan fingerprint density at radius 2 is 2.10 bits per heavy atom. The van der Waals surface area contributed by atoms with Crippen LogP contribution in [0.15, 0.2) is 42.6 Å². The molecule has 8 heteroatoms. The van der Waals surface area contributed by atoms with E-state index in [0.29, 0.717) is 17.8 Å². The van der Waals surface area contributed by atoms with Crippen LogP contribution in [0.2, 0.25) is 0 Å². The summed E-state index contributed by atoms with van der Waals surface area (Å²) < 4.78 is 5.32. The maximum absolute atomic E-state index is 12.3. The average molecular weight is 394 g/mol. The number of hydrogen-bond acceptors (Lipinski definition) is 5. The zero-order valence-corrected chi connectivity index (χ0v) is 16.6. The van der Waals surface area contributed by atoms with Crippen LogP contribution in [0.3, 0.4) is 0 Å². The van der Waals surface area contributed by atoms with Crippen LogP contribution in [-0.4, -0.2) is 41.0 Å². The second-order valence-electron chi connectivity index (χ2n) is 7.49. The number of methoxy groups -OCH3 is 1. The van der Waals surface area contributed by atoms with Crippen molar-refractivity contribution < 1.29 is 9.53 Å². The zero-order valence-electron chi connectivity index (χ0n) is 16.6. The number of rotatable bonds is 7. The van der Waals surface area contributed by atoms with E-state index in [0.717, 1.165) is 41.7 Å². The van der Waals surface area contributed by atoms with E-state index < -0.39 is 0 Å². The highest BCUT2D eigenvalue weighted by molar-refractivity contribution is 5.94. The molecule has 0 saturated heterocycles. The largest absolute Gasteiger partial charge is 0.381 e. The van der Waals surface area contributed by atoms with Crippen LogP contribution in [0.25, 0.3) is 10.9 Å². The molecule has 2 aromatic heterocycles. The maximum Gasteiger partial charge on any atom is 0.320 e. The molecule has 0 bridgehead atoms. The number of nitrogens with zero attached hydrogens (tertiary/aromatic N) is 2. The normalized spacial score (nSPS) is 19.4. The van der Waals surface area contributed by atoms with E-state index in [2.05, 4.69) is 31.1 Å². The quantitative estimate of drug-likeness (QED) is 0.489. The fourth-order valence-electron chi connectivity index (χ4n) is 3.56. The van der Waals surface area contributed by atoms with Crippen LogP contribution in [0.5, 0.6) is 0 Å². The molecule has 1 saturated carbocycles. The molecule has 0 spiro atoms. The Morgan fingerprint density at radius 3 is 2.86 bits per heavy atom. The van der Waals surface area contributed by atoms with Gasteiger partial charge in [-0.25, -0.2) is 9.78 Å². The molecule has 4 N–H and O–H groups in total. The van der Waals surface area contributed by atoms with Gasteiger partial charge in [-0.3, -0.25) is 10.4 Å². The number of nitrogens with one attached hydrogen (secondary N) is 4. The molecule has 8 nitrogen and oxygen atoms in total. The maximum atomic E-state index is 12.3. The van der Waals surface area contributed by atoms with Gasteiger partial charge in [-0.1, -0.05) is 30.3 Å². The lowest BCUT2D eigenvalue weighted by atomic mass is 9.82. The predicted molar refractivity (Wildman–Crippen MR) is 113 cm³/mol. The van der Waals surface area contributed by atoms with Gasteiger partial charge in [0.15, 0.2) is 5.82 Å². The van der Waals surface area contributed by atoms with Crippen molar-refractivity contribution in [1.29, 1.82) is 0 Å². The van der Waals surface area contributed by atoms with E-state index in [9.17, 15) is 4.79 Å². The first-order valence-corrected chi connectivity index (χ1v) is 9.85. The van der Waals surface area contributed by atoms with Gasteiger partial charge in [0, 0.05) is 25.9 Å². The summed E-state index contributed by atoms with van der Waals surface area (Å²) in [6, 6.07) is 11.2. The van der Waals surface area contributed by atoms with Crippen molar-refractivity contribution in [2.75, 3.05) is 24.3 Å². The Balaban J connectivity index is 1.34. The monoisotopic (exact) mass is 394 g/mol. The molecule has 0 aliphatic heterocycles. The Kier molecular flexibility index (Phi) is 5.62. The van der Waals surface area contributed by atoms with Gasteiger partial charge in [0.05, 0.1) is 23.0 Å². The van der Waals surface area contributed by atoms with Gasteiger partial charge >= 0.3 is 6.03 Å². The average Bonchev–Trinajstić information content (AvgIpc) is 3.10. The fourth-order valence-corrected chi connectivity index (χ4v) is 3.56. The van der Waals surface area contributed by atoms with Crippen molar-refractivity contribution in [3.05, 3.63) is 48.2 Å². The molecular formula is C21H26N6O2. The highest BCUT2D eigenvalue weighted by Gasteiger charge is 2.28. The summed E-state index contributed by atoms with van der Waals surface area (Å²) in [5, 5.41) is 17.3. The lowest BCUT2D eigenvalue weighted by Gasteiger charge is -2.34. The smallest absolute Gasteiger partial charge is 0.320 e. The SMILES string of the molecule is COC1CC(CNc2n[nH]c3cc(NC(=O)N[C@H](C)c4ccccc4)ncc23)C1. The van der Waals surface area contributed by atoms with Crippen molar-refractivity contribution in [3.63, 3.8) is 0 Å². The summed E-state index contributed by atoms with van der Waals surface area (Å²) in [7, 11) is 1.76. The van der Waals surface area contributed by atoms with Gasteiger partial charge in [-0.15, -0.1) is 0 Å². The number of carbonyl (C=O) groups is 1. The number of pyridine rings is 1. The number of aromatic amines is 1. The highest BCUT2D eigenvalue weighted by atomic mass is 16.5. The molecule has 0 unspecified atom stereocenters. The van der Waals surface area contributed by atoms with Crippen molar-refractivity contribution in [2.45, 2.75) is 31.9 Å². The van der Waals surface area contributed by atoms with Gasteiger partial charge in [0.2, 0.25) is 0 Å². The summed E-state index contributed by atoms with van der Waals surface area (Å²) in [5.41, 5.74) is 1.86. The van der Waals surface area contributed by atoms with Gasteiger partial charge < -0.3 is 15.4 Å². The van der Waals surface area contributed by atoms with Crippen molar-refractivity contribution in [2.24, 2.45) is 5.92 Å². The van der Waals surface area contributed by atoms with Gasteiger partial charge in [0.25, 0.3) is 0 Å². The molecule has 1 atom stereocenters. The Bertz CT molecular complexity index is 968. The number of fused-ring (bicyclic) bond motifs is 1. The first-order valence-electron chi connectivity index (χ1n) is 9.85. The molecule has 1 aromatic carbocycles. The molecular weight excluding hydrogens is 368 g/mol. The van der Waals surface area contributed by atoms with Crippen LogP contribution in [0, 0.1) is 5.92 Å². The molecule has 152 valence electrons. The Labute approximate surface area is 169 Å². The van der Waals surface area contributed by atoms with E-state index in [1.165, 1.54) is 0 Å². The Hall–Kier alpha value is -3.13. The highest BCUT2D eigenvalue weighted by Crippen LogP contribution is 2.30. The van der Waals surface area contributed by atoms with Crippen molar-refractivity contribution >= 4 is 28.6 Å².